The molecule has 0 amide bonds. The van der Waals surface area contributed by atoms with Crippen molar-refractivity contribution in [2.24, 2.45) is 5.10 Å². The lowest BCUT2D eigenvalue weighted by Gasteiger charge is -2.06. The summed E-state index contributed by atoms with van der Waals surface area (Å²) in [6, 6.07) is 0. The molecule has 0 unspecified atom stereocenters. The van der Waals surface area contributed by atoms with Gasteiger partial charge in [0.25, 0.3) is 0 Å². The van der Waals surface area contributed by atoms with E-state index >= 15 is 0 Å². The fraction of sp³-hybridized carbons (Fsp3) is 0.571. The number of hydrogen-bond donors (Lipinski definition) is 2. The number of aliphatic carboxylic acids is 2. The highest BCUT2D eigenvalue weighted by Crippen LogP contribution is 1.95. The van der Waals surface area contributed by atoms with E-state index in [4.69, 9.17) is 10.2 Å². The molecule has 0 aliphatic rings. The first kappa shape index (κ1) is 11.4. The van der Waals surface area contributed by atoms with Crippen molar-refractivity contribution < 1.29 is 19.8 Å². The molecule has 6 heteroatoms. The summed E-state index contributed by atoms with van der Waals surface area (Å²) in [4.78, 5) is 20.6. The lowest BCUT2D eigenvalue weighted by molar-refractivity contribution is -0.136. The monoisotopic (exact) mass is 188 g/mol. The van der Waals surface area contributed by atoms with E-state index in [9.17, 15) is 9.59 Å². The average Bonchev–Trinajstić information content (AvgIpc) is 1.96. The maximum Gasteiger partial charge on any atom is 0.352 e. The molecule has 6 nitrogen and oxygen atoms in total. The Labute approximate surface area is 75.5 Å². The molecule has 0 aliphatic carbocycles. The van der Waals surface area contributed by atoms with E-state index in [0.29, 0.717) is 0 Å². The molecule has 0 bridgehead atoms. The molecule has 0 radical (unpaired) electrons. The summed E-state index contributed by atoms with van der Waals surface area (Å²) >= 11 is 0. The first-order valence-electron chi connectivity index (χ1n) is 3.63. The zero-order valence-corrected chi connectivity index (χ0v) is 7.52. The predicted molar refractivity (Wildman–Crippen MR) is 45.6 cm³/mol. The van der Waals surface area contributed by atoms with E-state index in [1.165, 1.54) is 5.01 Å². The maximum absolute atomic E-state index is 10.5. The molecule has 0 spiro atoms. The van der Waals surface area contributed by atoms with Crippen LogP contribution in [0.25, 0.3) is 0 Å². The average molecular weight is 188 g/mol. The van der Waals surface area contributed by atoms with E-state index < -0.39 is 11.9 Å². The standard InChI is InChI=1S/C7H12N2O4/c1-9(2)8-5(7(12)13)3-4-6(10)11/h3-4H2,1-2H3,(H,10,11)(H,12,13). The Morgan fingerprint density at radius 1 is 1.23 bits per heavy atom. The molecule has 13 heavy (non-hydrogen) atoms. The molecule has 0 heterocycles. The van der Waals surface area contributed by atoms with Crippen molar-refractivity contribution in [3.05, 3.63) is 0 Å². The molecule has 0 aromatic heterocycles. The quantitative estimate of drug-likeness (QED) is 0.462. The van der Waals surface area contributed by atoms with Crippen molar-refractivity contribution in [2.45, 2.75) is 12.8 Å². The summed E-state index contributed by atoms with van der Waals surface area (Å²) in [5.41, 5.74) is -0.146. The lowest BCUT2D eigenvalue weighted by Crippen LogP contribution is -2.18. The second kappa shape index (κ2) is 5.13. The number of carboxylic acid groups (broad SMARTS) is 2. The topological polar surface area (TPSA) is 90.2 Å². The van der Waals surface area contributed by atoms with Crippen molar-refractivity contribution >= 4 is 17.7 Å². The molecule has 0 saturated heterocycles. The van der Waals surface area contributed by atoms with Crippen LogP contribution in [0, 0.1) is 0 Å². The van der Waals surface area contributed by atoms with Gasteiger partial charge < -0.3 is 15.2 Å². The van der Waals surface area contributed by atoms with Gasteiger partial charge in [-0.25, -0.2) is 4.79 Å². The van der Waals surface area contributed by atoms with Crippen LogP contribution in [0.1, 0.15) is 12.8 Å². The summed E-state index contributed by atoms with van der Waals surface area (Å²) < 4.78 is 0. The predicted octanol–water partition coefficient (Wildman–Crippen LogP) is -0.147. The van der Waals surface area contributed by atoms with Gasteiger partial charge in [-0.05, 0) is 0 Å². The lowest BCUT2D eigenvalue weighted by atomic mass is 10.2. The highest BCUT2D eigenvalue weighted by Gasteiger charge is 2.11. The third-order valence-electron chi connectivity index (χ3n) is 1.14. The summed E-state index contributed by atoms with van der Waals surface area (Å²) in [5.74, 6) is -2.22. The molecule has 0 aliphatic heterocycles. The van der Waals surface area contributed by atoms with Gasteiger partial charge in [0.2, 0.25) is 0 Å². The molecule has 0 aromatic rings. The van der Waals surface area contributed by atoms with Crippen LogP contribution < -0.4 is 0 Å². The fourth-order valence-electron chi connectivity index (χ4n) is 0.666. The zero-order chi connectivity index (χ0) is 10.4. The number of nitrogens with zero attached hydrogens (tertiary/aromatic N) is 2. The van der Waals surface area contributed by atoms with Crippen LogP contribution in [0.3, 0.4) is 0 Å². The SMILES string of the molecule is CN(C)N=C(CCC(=O)O)C(=O)O. The Hall–Kier alpha value is -1.59. The second-order valence-electron chi connectivity index (χ2n) is 2.59. The van der Waals surface area contributed by atoms with Crippen molar-refractivity contribution in [1.29, 1.82) is 0 Å². The van der Waals surface area contributed by atoms with Gasteiger partial charge in [0.15, 0.2) is 0 Å². The van der Waals surface area contributed by atoms with E-state index in [2.05, 4.69) is 5.10 Å². The highest BCUT2D eigenvalue weighted by atomic mass is 16.4. The molecule has 0 rings (SSSR count). The Morgan fingerprint density at radius 2 is 1.77 bits per heavy atom. The Bertz CT molecular complexity index is 235. The van der Waals surface area contributed by atoms with E-state index in [1.54, 1.807) is 14.1 Å². The zero-order valence-electron chi connectivity index (χ0n) is 7.52. The van der Waals surface area contributed by atoms with Crippen molar-refractivity contribution in [3.63, 3.8) is 0 Å². The van der Waals surface area contributed by atoms with Gasteiger partial charge in [-0.3, -0.25) is 4.79 Å². The minimum Gasteiger partial charge on any atom is -0.481 e. The largest absolute Gasteiger partial charge is 0.481 e. The molecular formula is C7H12N2O4. The molecule has 0 fully saturated rings. The molecular weight excluding hydrogens is 176 g/mol. The first-order valence-corrected chi connectivity index (χ1v) is 3.63. The van der Waals surface area contributed by atoms with Crippen LogP contribution in [0.2, 0.25) is 0 Å². The third-order valence-corrected chi connectivity index (χ3v) is 1.14. The molecule has 2 N–H and O–H groups in total. The van der Waals surface area contributed by atoms with Gasteiger partial charge in [0.1, 0.15) is 5.71 Å². The number of carbonyl (C=O) groups is 2. The molecule has 74 valence electrons. The smallest absolute Gasteiger partial charge is 0.352 e. The number of hydrazone groups is 1. The summed E-state index contributed by atoms with van der Waals surface area (Å²) in [7, 11) is 3.15. The van der Waals surface area contributed by atoms with Crippen molar-refractivity contribution in [1.82, 2.24) is 5.01 Å². The van der Waals surface area contributed by atoms with Crippen LogP contribution in [0.15, 0.2) is 5.10 Å². The summed E-state index contributed by atoms with van der Waals surface area (Å²) in [5, 5.41) is 21.9. The molecule has 0 saturated carbocycles. The van der Waals surface area contributed by atoms with Crippen LogP contribution in [0.4, 0.5) is 0 Å². The van der Waals surface area contributed by atoms with Crippen molar-refractivity contribution in [2.75, 3.05) is 14.1 Å². The molecule has 0 aromatic carbocycles. The van der Waals surface area contributed by atoms with Crippen LogP contribution >= 0.6 is 0 Å². The van der Waals surface area contributed by atoms with Crippen LogP contribution in [-0.4, -0.2) is 47.0 Å². The highest BCUT2D eigenvalue weighted by molar-refractivity contribution is 6.35. The van der Waals surface area contributed by atoms with Gasteiger partial charge >= 0.3 is 11.9 Å². The number of rotatable bonds is 5. The van der Waals surface area contributed by atoms with Gasteiger partial charge in [0.05, 0.1) is 6.42 Å². The van der Waals surface area contributed by atoms with Gasteiger partial charge in [-0.15, -0.1) is 0 Å². The minimum absolute atomic E-state index is 0.0666. The summed E-state index contributed by atoms with van der Waals surface area (Å²) in [6.07, 6.45) is -0.290. The molecule has 0 atom stereocenters. The van der Waals surface area contributed by atoms with Crippen molar-refractivity contribution in [3.8, 4) is 0 Å². The maximum atomic E-state index is 10.5. The Morgan fingerprint density at radius 3 is 2.08 bits per heavy atom. The van der Waals surface area contributed by atoms with Gasteiger partial charge in [-0.1, -0.05) is 0 Å². The van der Waals surface area contributed by atoms with Gasteiger partial charge in [0, 0.05) is 20.5 Å². The van der Waals surface area contributed by atoms with E-state index in [1.807, 2.05) is 0 Å². The third kappa shape index (κ3) is 5.66. The normalized spacial score (nSPS) is 11.1. The fourth-order valence-corrected chi connectivity index (χ4v) is 0.666. The Kier molecular flexibility index (Phi) is 4.50. The summed E-state index contributed by atoms with van der Waals surface area (Å²) in [6.45, 7) is 0. The minimum atomic E-state index is -1.19. The number of hydrogen-bond acceptors (Lipinski definition) is 4. The van der Waals surface area contributed by atoms with E-state index in [-0.39, 0.29) is 18.6 Å². The second-order valence-corrected chi connectivity index (χ2v) is 2.59. The van der Waals surface area contributed by atoms with Crippen LogP contribution in [-0.2, 0) is 9.59 Å². The number of carboxylic acids is 2. The van der Waals surface area contributed by atoms with Gasteiger partial charge in [-0.2, -0.15) is 5.10 Å². The Balaban J connectivity index is 4.27. The first-order chi connectivity index (χ1) is 5.93. The van der Waals surface area contributed by atoms with Crippen LogP contribution in [0.5, 0.6) is 0 Å². The van der Waals surface area contributed by atoms with E-state index in [0.717, 1.165) is 0 Å².